The van der Waals surface area contributed by atoms with Gasteiger partial charge in [0.2, 0.25) is 0 Å². The first kappa shape index (κ1) is 18.0. The lowest BCUT2D eigenvalue weighted by Gasteiger charge is -2.28. The highest BCUT2D eigenvalue weighted by Gasteiger charge is 2.21. The van der Waals surface area contributed by atoms with E-state index in [2.05, 4.69) is 26.1 Å². The fourth-order valence-electron chi connectivity index (χ4n) is 2.26. The SMILES string of the molecule is CC(C)(C)NC(=O)OC1/C=C/C(OC(C)(C)C)CCCC1. The second-order valence-electron chi connectivity index (χ2n) is 7.76. The molecule has 1 rings (SSSR count). The second kappa shape index (κ2) is 7.30. The third-order valence-electron chi connectivity index (χ3n) is 3.01. The van der Waals surface area contributed by atoms with Gasteiger partial charge in [-0.25, -0.2) is 4.79 Å². The summed E-state index contributed by atoms with van der Waals surface area (Å²) in [5.74, 6) is 0. The molecular weight excluding hydrogens is 266 g/mol. The summed E-state index contributed by atoms with van der Waals surface area (Å²) in [7, 11) is 0. The van der Waals surface area contributed by atoms with E-state index < -0.39 is 0 Å². The average Bonchev–Trinajstić information content (AvgIpc) is 2.22. The molecule has 0 fully saturated rings. The lowest BCUT2D eigenvalue weighted by Crippen LogP contribution is -2.42. The van der Waals surface area contributed by atoms with Crippen molar-refractivity contribution in [3.8, 4) is 0 Å². The summed E-state index contributed by atoms with van der Waals surface area (Å²) in [5, 5.41) is 2.83. The molecule has 0 aromatic carbocycles. The predicted molar refractivity (Wildman–Crippen MR) is 85.4 cm³/mol. The zero-order valence-corrected chi connectivity index (χ0v) is 14.4. The van der Waals surface area contributed by atoms with Crippen LogP contribution in [0.2, 0.25) is 0 Å². The van der Waals surface area contributed by atoms with Crippen LogP contribution in [-0.4, -0.2) is 29.4 Å². The van der Waals surface area contributed by atoms with Gasteiger partial charge in [-0.3, -0.25) is 0 Å². The minimum Gasteiger partial charge on any atom is -0.442 e. The van der Waals surface area contributed by atoms with Crippen molar-refractivity contribution in [1.29, 1.82) is 0 Å². The van der Waals surface area contributed by atoms with E-state index in [1.807, 2.05) is 32.9 Å². The first-order valence-electron chi connectivity index (χ1n) is 7.90. The van der Waals surface area contributed by atoms with Crippen molar-refractivity contribution in [2.45, 2.75) is 90.6 Å². The van der Waals surface area contributed by atoms with Crippen LogP contribution < -0.4 is 5.32 Å². The highest BCUT2D eigenvalue weighted by molar-refractivity contribution is 5.68. The molecule has 2 atom stereocenters. The van der Waals surface area contributed by atoms with Gasteiger partial charge in [0.25, 0.3) is 0 Å². The largest absolute Gasteiger partial charge is 0.442 e. The zero-order valence-electron chi connectivity index (χ0n) is 14.4. The number of nitrogens with one attached hydrogen (secondary N) is 1. The van der Waals surface area contributed by atoms with E-state index in [1.165, 1.54) is 0 Å². The van der Waals surface area contributed by atoms with Gasteiger partial charge in [-0.1, -0.05) is 12.5 Å². The lowest BCUT2D eigenvalue weighted by atomic mass is 10.0. The van der Waals surface area contributed by atoms with Crippen LogP contribution >= 0.6 is 0 Å². The minimum atomic E-state index is -0.356. The van der Waals surface area contributed by atoms with Crippen molar-refractivity contribution >= 4 is 6.09 Å². The van der Waals surface area contributed by atoms with Crippen LogP contribution in [0, 0.1) is 0 Å². The van der Waals surface area contributed by atoms with Crippen molar-refractivity contribution in [3.05, 3.63) is 12.2 Å². The quantitative estimate of drug-likeness (QED) is 0.777. The molecule has 2 unspecified atom stereocenters. The van der Waals surface area contributed by atoms with Crippen molar-refractivity contribution in [2.75, 3.05) is 0 Å². The van der Waals surface area contributed by atoms with Crippen molar-refractivity contribution in [3.63, 3.8) is 0 Å². The maximum absolute atomic E-state index is 11.8. The van der Waals surface area contributed by atoms with E-state index in [0.29, 0.717) is 0 Å². The molecular formula is C17H31NO3. The second-order valence-corrected chi connectivity index (χ2v) is 7.76. The molecule has 0 aliphatic heterocycles. The minimum absolute atomic E-state index is 0.0991. The van der Waals surface area contributed by atoms with Crippen LogP contribution in [0.25, 0.3) is 0 Å². The number of alkyl carbamates (subject to hydrolysis) is 1. The van der Waals surface area contributed by atoms with Gasteiger partial charge in [-0.15, -0.1) is 0 Å². The Hall–Kier alpha value is -1.03. The van der Waals surface area contributed by atoms with E-state index in [-0.39, 0.29) is 29.4 Å². The highest BCUT2D eigenvalue weighted by atomic mass is 16.6. The maximum atomic E-state index is 11.8. The van der Waals surface area contributed by atoms with E-state index in [9.17, 15) is 4.79 Å². The topological polar surface area (TPSA) is 47.6 Å². The third-order valence-corrected chi connectivity index (χ3v) is 3.01. The Morgan fingerprint density at radius 2 is 1.52 bits per heavy atom. The number of rotatable bonds is 2. The molecule has 0 saturated heterocycles. The zero-order chi connectivity index (χ0) is 16.1. The van der Waals surface area contributed by atoms with Gasteiger partial charge in [-0.2, -0.15) is 0 Å². The van der Waals surface area contributed by atoms with E-state index in [4.69, 9.17) is 9.47 Å². The first-order valence-corrected chi connectivity index (χ1v) is 7.90. The molecule has 0 bridgehead atoms. The Labute approximate surface area is 129 Å². The molecule has 0 aromatic rings. The molecule has 0 heterocycles. The summed E-state index contributed by atoms with van der Waals surface area (Å²) < 4.78 is 11.5. The van der Waals surface area contributed by atoms with Crippen LogP contribution in [0.15, 0.2) is 12.2 Å². The van der Waals surface area contributed by atoms with Crippen molar-refractivity contribution in [2.24, 2.45) is 0 Å². The van der Waals surface area contributed by atoms with Gasteiger partial charge in [-0.05, 0) is 66.9 Å². The number of hydrogen-bond donors (Lipinski definition) is 1. The molecule has 21 heavy (non-hydrogen) atoms. The van der Waals surface area contributed by atoms with Crippen LogP contribution in [0.5, 0.6) is 0 Å². The first-order chi connectivity index (χ1) is 9.55. The molecule has 0 saturated carbocycles. The lowest BCUT2D eigenvalue weighted by molar-refractivity contribution is -0.0432. The summed E-state index contributed by atoms with van der Waals surface area (Å²) in [5.41, 5.74) is -0.436. The number of carbonyl (C=O) groups is 1. The summed E-state index contributed by atoms with van der Waals surface area (Å²) in [6, 6.07) is 0. The Kier molecular flexibility index (Phi) is 6.26. The van der Waals surface area contributed by atoms with Gasteiger partial charge in [0.15, 0.2) is 0 Å². The Bertz CT molecular complexity index is 363. The van der Waals surface area contributed by atoms with Gasteiger partial charge in [0.05, 0.1) is 11.7 Å². The van der Waals surface area contributed by atoms with Gasteiger partial charge < -0.3 is 14.8 Å². The summed E-state index contributed by atoms with van der Waals surface area (Å²) >= 11 is 0. The molecule has 1 aliphatic carbocycles. The highest BCUT2D eigenvalue weighted by Crippen LogP contribution is 2.21. The fraction of sp³-hybridized carbons (Fsp3) is 0.824. The summed E-state index contributed by atoms with van der Waals surface area (Å²) in [6.45, 7) is 12.0. The predicted octanol–water partition coefficient (Wildman–Crippen LogP) is 4.19. The molecule has 1 N–H and O–H groups in total. The van der Waals surface area contributed by atoms with E-state index in [1.54, 1.807) is 0 Å². The van der Waals surface area contributed by atoms with Crippen molar-refractivity contribution in [1.82, 2.24) is 5.32 Å². The summed E-state index contributed by atoms with van der Waals surface area (Å²) in [6.07, 6.45) is 7.61. The molecule has 0 aromatic heterocycles. The molecule has 1 aliphatic rings. The third kappa shape index (κ3) is 8.76. The van der Waals surface area contributed by atoms with Gasteiger partial charge in [0, 0.05) is 5.54 Å². The normalized spacial score (nSPS) is 25.6. The van der Waals surface area contributed by atoms with Crippen LogP contribution in [0.1, 0.15) is 67.2 Å². The van der Waals surface area contributed by atoms with Crippen LogP contribution in [0.3, 0.4) is 0 Å². The van der Waals surface area contributed by atoms with Gasteiger partial charge in [0.1, 0.15) is 6.10 Å². The maximum Gasteiger partial charge on any atom is 0.408 e. The molecule has 1 amide bonds. The monoisotopic (exact) mass is 297 g/mol. The number of ether oxygens (including phenoxy) is 2. The van der Waals surface area contributed by atoms with E-state index >= 15 is 0 Å². The summed E-state index contributed by atoms with van der Waals surface area (Å²) in [4.78, 5) is 11.8. The Balaban J connectivity index is 2.57. The Morgan fingerprint density at radius 3 is 2.05 bits per heavy atom. The average molecular weight is 297 g/mol. The molecule has 122 valence electrons. The number of hydrogen-bond acceptors (Lipinski definition) is 3. The molecule has 4 heteroatoms. The molecule has 4 nitrogen and oxygen atoms in total. The Morgan fingerprint density at radius 1 is 1.00 bits per heavy atom. The van der Waals surface area contributed by atoms with Gasteiger partial charge >= 0.3 is 6.09 Å². The standard InChI is InChI=1S/C17H31NO3/c1-16(2,3)18-15(19)20-13-9-7-8-10-14(12-11-13)21-17(4,5)6/h11-14H,7-10H2,1-6H3,(H,18,19)/b12-11+. The molecule has 0 spiro atoms. The van der Waals surface area contributed by atoms with E-state index in [0.717, 1.165) is 25.7 Å². The number of carbonyl (C=O) groups excluding carboxylic acids is 1. The number of amides is 1. The fourth-order valence-corrected chi connectivity index (χ4v) is 2.26. The van der Waals surface area contributed by atoms with Crippen molar-refractivity contribution < 1.29 is 14.3 Å². The molecule has 0 radical (unpaired) electrons. The van der Waals surface area contributed by atoms with Crippen LogP contribution in [-0.2, 0) is 9.47 Å². The smallest absolute Gasteiger partial charge is 0.408 e. The van der Waals surface area contributed by atoms with Crippen LogP contribution in [0.4, 0.5) is 4.79 Å².